The molecule has 2 aromatic rings. The first-order valence-corrected chi connectivity index (χ1v) is 11.7. The van der Waals surface area contributed by atoms with Crippen LogP contribution in [0.2, 0.25) is 10.0 Å². The molecule has 0 saturated carbocycles. The van der Waals surface area contributed by atoms with Crippen molar-refractivity contribution in [2.75, 3.05) is 0 Å². The first-order valence-electron chi connectivity index (χ1n) is 10.1. The van der Waals surface area contributed by atoms with Crippen LogP contribution in [0.25, 0.3) is 0 Å². The van der Waals surface area contributed by atoms with Gasteiger partial charge in [0.2, 0.25) is 0 Å². The number of aryl methyl sites for hydroxylation is 2. The number of alkyl halides is 2. The fraction of sp³-hybridized carbons (Fsp3) is 0.458. The van der Waals surface area contributed by atoms with Gasteiger partial charge in [-0.05, 0) is 81.3 Å². The Morgan fingerprint density at radius 3 is 1.62 bits per heavy atom. The molecule has 0 saturated heterocycles. The molecule has 0 aliphatic carbocycles. The van der Waals surface area contributed by atoms with E-state index in [0.29, 0.717) is 11.8 Å². The van der Waals surface area contributed by atoms with Crippen LogP contribution in [0.3, 0.4) is 0 Å². The minimum Gasteiger partial charge on any atom is -0.298 e. The summed E-state index contributed by atoms with van der Waals surface area (Å²) in [5.74, 6) is 0.116. The minimum absolute atomic E-state index is 0.116. The van der Waals surface area contributed by atoms with Crippen molar-refractivity contribution in [1.29, 1.82) is 0 Å². The van der Waals surface area contributed by atoms with Crippen LogP contribution in [0.5, 0.6) is 0 Å². The molecule has 2 unspecified atom stereocenters. The van der Waals surface area contributed by atoms with Crippen molar-refractivity contribution < 1.29 is 4.79 Å². The van der Waals surface area contributed by atoms with E-state index in [1.165, 1.54) is 24.0 Å². The number of rotatable bonds is 10. The Balaban J connectivity index is 0.000000291. The summed E-state index contributed by atoms with van der Waals surface area (Å²) < 4.78 is 0. The Kier molecular flexibility index (Phi) is 13.7. The van der Waals surface area contributed by atoms with Crippen LogP contribution < -0.4 is 0 Å². The van der Waals surface area contributed by atoms with Crippen molar-refractivity contribution in [2.45, 2.75) is 69.5 Å². The van der Waals surface area contributed by atoms with Crippen LogP contribution >= 0.6 is 46.4 Å². The van der Waals surface area contributed by atoms with E-state index in [9.17, 15) is 4.79 Å². The zero-order valence-electron chi connectivity index (χ0n) is 17.1. The molecule has 2 atom stereocenters. The van der Waals surface area contributed by atoms with Gasteiger partial charge in [-0.1, -0.05) is 53.9 Å². The van der Waals surface area contributed by atoms with E-state index < -0.39 is 0 Å². The van der Waals surface area contributed by atoms with Crippen LogP contribution in [0.4, 0.5) is 0 Å². The lowest BCUT2D eigenvalue weighted by atomic mass is 10.1. The fourth-order valence-electron chi connectivity index (χ4n) is 2.72. The van der Waals surface area contributed by atoms with Gasteiger partial charge in [-0.25, -0.2) is 0 Å². The van der Waals surface area contributed by atoms with E-state index in [4.69, 9.17) is 46.4 Å². The average Bonchev–Trinajstić information content (AvgIpc) is 2.68. The molecule has 0 spiro atoms. The normalized spacial score (nSPS) is 12.6. The van der Waals surface area contributed by atoms with Gasteiger partial charge in [0.25, 0.3) is 0 Å². The maximum atomic E-state index is 11.2. The molecule has 0 amide bonds. The van der Waals surface area contributed by atoms with Gasteiger partial charge in [-0.2, -0.15) is 0 Å². The number of hydrogen-bond donors (Lipinski definition) is 0. The van der Waals surface area contributed by atoms with Crippen molar-refractivity contribution in [3.05, 3.63) is 69.7 Å². The Labute approximate surface area is 195 Å². The molecule has 0 bridgehead atoms. The van der Waals surface area contributed by atoms with Crippen molar-refractivity contribution in [3.63, 3.8) is 0 Å². The van der Waals surface area contributed by atoms with Crippen LogP contribution in [0.15, 0.2) is 48.5 Å². The van der Waals surface area contributed by atoms with Gasteiger partial charge in [0, 0.05) is 21.8 Å². The monoisotopic (exact) mass is 474 g/mol. The summed E-state index contributed by atoms with van der Waals surface area (Å²) in [7, 11) is 0. The quantitative estimate of drug-likeness (QED) is 0.248. The molecule has 1 nitrogen and oxygen atoms in total. The fourth-order valence-corrected chi connectivity index (χ4v) is 3.24. The first-order chi connectivity index (χ1) is 13.8. The number of carbonyl (C=O) groups is 1. The second-order valence-electron chi connectivity index (χ2n) is 7.22. The van der Waals surface area contributed by atoms with E-state index in [2.05, 4.69) is 12.1 Å². The van der Waals surface area contributed by atoms with Crippen molar-refractivity contribution in [2.24, 2.45) is 0 Å². The van der Waals surface area contributed by atoms with Gasteiger partial charge in [0.05, 0.1) is 5.38 Å². The number of ketones is 1. The predicted molar refractivity (Wildman–Crippen MR) is 129 cm³/mol. The minimum atomic E-state index is -0.366. The van der Waals surface area contributed by atoms with Crippen LogP contribution in [-0.4, -0.2) is 16.5 Å². The van der Waals surface area contributed by atoms with Crippen LogP contribution in [0, 0.1) is 0 Å². The molecule has 29 heavy (non-hydrogen) atoms. The number of benzene rings is 2. The molecule has 0 aliphatic heterocycles. The topological polar surface area (TPSA) is 17.1 Å². The number of unbranched alkanes of at least 4 members (excludes halogenated alkanes) is 1. The first kappa shape index (κ1) is 26.3. The SMILES string of the molecule is CC(Cl)C(=O)CCCc1ccc(Cl)cc1.CC(Cl)CCCCc1ccc(Cl)cc1. The van der Waals surface area contributed by atoms with Crippen molar-refractivity contribution in [1.82, 2.24) is 0 Å². The van der Waals surface area contributed by atoms with Crippen LogP contribution in [-0.2, 0) is 17.6 Å². The van der Waals surface area contributed by atoms with Gasteiger partial charge in [0.15, 0.2) is 0 Å². The third-order valence-corrected chi connectivity index (χ3v) is 5.44. The molecular formula is C24H30Cl4O. The molecule has 160 valence electrons. The van der Waals surface area contributed by atoms with E-state index in [1.54, 1.807) is 6.92 Å². The van der Waals surface area contributed by atoms with Gasteiger partial charge in [-0.15, -0.1) is 23.2 Å². The lowest BCUT2D eigenvalue weighted by Gasteiger charge is -2.03. The molecular weight excluding hydrogens is 446 g/mol. The summed E-state index contributed by atoms with van der Waals surface area (Å²) in [6, 6.07) is 15.8. The number of hydrogen-bond acceptors (Lipinski definition) is 1. The number of Topliss-reactive ketones (excluding diaryl/α,β-unsaturated/α-hetero) is 1. The summed E-state index contributed by atoms with van der Waals surface area (Å²) in [5.41, 5.74) is 2.56. The maximum absolute atomic E-state index is 11.2. The molecule has 2 aromatic carbocycles. The average molecular weight is 476 g/mol. The van der Waals surface area contributed by atoms with E-state index in [0.717, 1.165) is 35.7 Å². The number of carbonyl (C=O) groups excluding carboxylic acids is 1. The van der Waals surface area contributed by atoms with E-state index in [-0.39, 0.29) is 11.2 Å². The summed E-state index contributed by atoms with van der Waals surface area (Å²) in [6.45, 7) is 3.76. The highest BCUT2D eigenvalue weighted by atomic mass is 35.5. The molecule has 2 rings (SSSR count). The number of halogens is 4. The van der Waals surface area contributed by atoms with Gasteiger partial charge >= 0.3 is 0 Å². The second kappa shape index (κ2) is 15.1. The largest absolute Gasteiger partial charge is 0.298 e. The molecule has 0 N–H and O–H groups in total. The maximum Gasteiger partial charge on any atom is 0.150 e. The molecule has 0 fully saturated rings. The van der Waals surface area contributed by atoms with Gasteiger partial charge in [-0.3, -0.25) is 4.79 Å². The lowest BCUT2D eigenvalue weighted by molar-refractivity contribution is -0.118. The predicted octanol–water partition coefficient (Wildman–Crippen LogP) is 8.54. The highest BCUT2D eigenvalue weighted by molar-refractivity contribution is 6.31. The third-order valence-electron chi connectivity index (χ3n) is 4.48. The van der Waals surface area contributed by atoms with E-state index in [1.807, 2.05) is 43.3 Å². The van der Waals surface area contributed by atoms with Gasteiger partial charge < -0.3 is 0 Å². The Morgan fingerprint density at radius 1 is 0.759 bits per heavy atom. The Morgan fingerprint density at radius 2 is 1.21 bits per heavy atom. The van der Waals surface area contributed by atoms with Crippen molar-refractivity contribution >= 4 is 52.2 Å². The smallest absolute Gasteiger partial charge is 0.150 e. The third kappa shape index (κ3) is 13.2. The Hall–Kier alpha value is -0.730. The van der Waals surface area contributed by atoms with Gasteiger partial charge in [0.1, 0.15) is 5.78 Å². The Bertz CT molecular complexity index is 694. The molecule has 0 aliphatic rings. The highest BCUT2D eigenvalue weighted by Crippen LogP contribution is 2.14. The zero-order chi connectivity index (χ0) is 21.6. The molecule has 5 heteroatoms. The van der Waals surface area contributed by atoms with Crippen molar-refractivity contribution in [3.8, 4) is 0 Å². The summed E-state index contributed by atoms with van der Waals surface area (Å²) in [4.78, 5) is 11.2. The molecule has 0 aromatic heterocycles. The zero-order valence-corrected chi connectivity index (χ0v) is 20.2. The lowest BCUT2D eigenvalue weighted by Crippen LogP contribution is -2.09. The summed E-state index contributed by atoms with van der Waals surface area (Å²) in [5, 5.41) is 1.49. The van der Waals surface area contributed by atoms with E-state index >= 15 is 0 Å². The molecule has 0 heterocycles. The standard InChI is InChI=1S/C12H14Cl2O.C12H16Cl2/c1-9(13)12(15)4-2-3-10-5-7-11(14)8-6-10;1-10(13)4-2-3-5-11-6-8-12(14)9-7-11/h5-9H,2-4H2,1H3;6-10H,2-5H2,1H3. The highest BCUT2D eigenvalue weighted by Gasteiger charge is 2.08. The summed E-state index contributed by atoms with van der Waals surface area (Å²) in [6.07, 6.45) is 6.93. The molecule has 0 radical (unpaired) electrons. The second-order valence-corrected chi connectivity index (χ2v) is 9.49. The van der Waals surface area contributed by atoms with Crippen LogP contribution in [0.1, 0.15) is 57.1 Å². The summed E-state index contributed by atoms with van der Waals surface area (Å²) >= 11 is 23.1.